The second kappa shape index (κ2) is 3.43. The first-order chi connectivity index (χ1) is 4.83. The summed E-state index contributed by atoms with van der Waals surface area (Å²) in [5, 5.41) is 6.86. The summed E-state index contributed by atoms with van der Waals surface area (Å²) < 4.78 is 3.79. The number of anilines is 1. The first kappa shape index (κ1) is 7.36. The van der Waals surface area contributed by atoms with Gasteiger partial charge in [0.2, 0.25) is 5.13 Å². The predicted octanol–water partition coefficient (Wildman–Crippen LogP) is 0.454. The van der Waals surface area contributed by atoms with Crippen LogP contribution in [0.15, 0.2) is 6.33 Å². The highest BCUT2D eigenvalue weighted by Gasteiger charge is 1.95. The van der Waals surface area contributed by atoms with Crippen molar-refractivity contribution in [3.8, 4) is 0 Å². The first-order valence-electron chi connectivity index (χ1n) is 2.58. The quantitative estimate of drug-likeness (QED) is 0.606. The minimum atomic E-state index is 0.553. The Labute approximate surface area is 67.8 Å². The lowest BCUT2D eigenvalue weighted by atomic mass is 10.9. The van der Waals surface area contributed by atoms with Crippen molar-refractivity contribution in [3.63, 3.8) is 0 Å². The maximum absolute atomic E-state index is 4.82. The molecule has 1 heterocycles. The third kappa shape index (κ3) is 1.89. The van der Waals surface area contributed by atoms with E-state index in [1.165, 1.54) is 17.9 Å². The first-order valence-corrected chi connectivity index (χ1v) is 3.76. The maximum Gasteiger partial charge on any atom is 0.208 e. The average Bonchev–Trinajstić information content (AvgIpc) is 2.40. The van der Waals surface area contributed by atoms with Crippen LogP contribution in [0.4, 0.5) is 5.13 Å². The number of rotatable bonds is 1. The van der Waals surface area contributed by atoms with Gasteiger partial charge in [0.15, 0.2) is 5.11 Å². The van der Waals surface area contributed by atoms with Gasteiger partial charge in [0, 0.05) is 18.6 Å². The van der Waals surface area contributed by atoms with Crippen LogP contribution in [0.3, 0.4) is 0 Å². The molecule has 0 aromatic carbocycles. The van der Waals surface area contributed by atoms with Gasteiger partial charge in [-0.1, -0.05) is 0 Å². The van der Waals surface area contributed by atoms with E-state index in [0.29, 0.717) is 10.2 Å². The Bertz CT molecular complexity index is 207. The standard InChI is InChI=1S/C4H6N4S2/c1-5-3(9)8-4-6-2-7-10-4/h2H,1H3,(H2,5,6,7,8,9). The minimum absolute atomic E-state index is 0.553. The van der Waals surface area contributed by atoms with Crippen molar-refractivity contribution in [1.82, 2.24) is 14.7 Å². The van der Waals surface area contributed by atoms with E-state index in [1.807, 2.05) is 0 Å². The Kier molecular flexibility index (Phi) is 2.52. The van der Waals surface area contributed by atoms with E-state index in [2.05, 4.69) is 20.0 Å². The van der Waals surface area contributed by atoms with Crippen LogP contribution in [-0.2, 0) is 0 Å². The molecule has 0 saturated carbocycles. The molecule has 1 aromatic heterocycles. The summed E-state index contributed by atoms with van der Waals surface area (Å²) in [6.45, 7) is 0. The maximum atomic E-state index is 4.82. The van der Waals surface area contributed by atoms with Crippen molar-refractivity contribution in [2.45, 2.75) is 0 Å². The highest BCUT2D eigenvalue weighted by atomic mass is 32.1. The molecule has 0 bridgehead atoms. The van der Waals surface area contributed by atoms with Crippen LogP contribution >= 0.6 is 23.8 Å². The van der Waals surface area contributed by atoms with Gasteiger partial charge in [-0.2, -0.15) is 4.37 Å². The molecule has 0 radical (unpaired) electrons. The predicted molar refractivity (Wildman–Crippen MR) is 45.2 cm³/mol. The molecule has 0 amide bonds. The molecule has 0 aliphatic rings. The van der Waals surface area contributed by atoms with Gasteiger partial charge in [-0.05, 0) is 12.2 Å². The molecule has 0 aliphatic heterocycles. The zero-order valence-electron chi connectivity index (χ0n) is 5.29. The summed E-state index contributed by atoms with van der Waals surface area (Å²) in [6, 6.07) is 0. The fourth-order valence-electron chi connectivity index (χ4n) is 0.388. The molecule has 54 valence electrons. The molecule has 0 spiro atoms. The van der Waals surface area contributed by atoms with Gasteiger partial charge in [-0.3, -0.25) is 0 Å². The Hall–Kier alpha value is -0.750. The molecule has 0 atom stereocenters. The number of hydrogen-bond acceptors (Lipinski definition) is 4. The van der Waals surface area contributed by atoms with Gasteiger partial charge in [0.25, 0.3) is 0 Å². The van der Waals surface area contributed by atoms with E-state index >= 15 is 0 Å². The second-order valence-corrected chi connectivity index (χ2v) is 2.64. The number of aromatic nitrogens is 2. The van der Waals surface area contributed by atoms with E-state index in [9.17, 15) is 0 Å². The smallest absolute Gasteiger partial charge is 0.208 e. The van der Waals surface area contributed by atoms with E-state index < -0.39 is 0 Å². The molecule has 0 unspecified atom stereocenters. The van der Waals surface area contributed by atoms with E-state index in [1.54, 1.807) is 7.05 Å². The van der Waals surface area contributed by atoms with E-state index in [0.717, 1.165) is 0 Å². The SMILES string of the molecule is CNC(=S)Nc1ncns1. The molecular weight excluding hydrogens is 168 g/mol. The number of thiocarbonyl (C=S) groups is 1. The van der Waals surface area contributed by atoms with E-state index in [4.69, 9.17) is 12.2 Å². The fraction of sp³-hybridized carbons (Fsp3) is 0.250. The van der Waals surface area contributed by atoms with Crippen LogP contribution < -0.4 is 10.6 Å². The van der Waals surface area contributed by atoms with Crippen molar-refractivity contribution in [1.29, 1.82) is 0 Å². The van der Waals surface area contributed by atoms with Crippen molar-refractivity contribution in [3.05, 3.63) is 6.33 Å². The van der Waals surface area contributed by atoms with Crippen LogP contribution in [0.2, 0.25) is 0 Å². The molecule has 0 fully saturated rings. The van der Waals surface area contributed by atoms with Gasteiger partial charge in [-0.15, -0.1) is 0 Å². The van der Waals surface area contributed by atoms with Gasteiger partial charge < -0.3 is 10.6 Å². The molecule has 6 heteroatoms. The van der Waals surface area contributed by atoms with Gasteiger partial charge in [-0.25, -0.2) is 4.98 Å². The topological polar surface area (TPSA) is 49.8 Å². The van der Waals surface area contributed by atoms with Gasteiger partial charge >= 0.3 is 0 Å². The molecule has 1 rings (SSSR count). The van der Waals surface area contributed by atoms with Crippen molar-refractivity contribution in [2.24, 2.45) is 0 Å². The van der Waals surface area contributed by atoms with Gasteiger partial charge in [0.05, 0.1) is 0 Å². The average molecular weight is 174 g/mol. The third-order valence-corrected chi connectivity index (χ3v) is 1.70. The Morgan fingerprint density at radius 1 is 1.80 bits per heavy atom. The molecule has 0 saturated heterocycles. The lowest BCUT2D eigenvalue weighted by Gasteiger charge is -2.00. The lowest BCUT2D eigenvalue weighted by Crippen LogP contribution is -2.23. The summed E-state index contributed by atoms with van der Waals surface area (Å²) >= 11 is 6.09. The Balaban J connectivity index is 2.48. The van der Waals surface area contributed by atoms with Crippen LogP contribution in [0.1, 0.15) is 0 Å². The molecule has 4 nitrogen and oxygen atoms in total. The van der Waals surface area contributed by atoms with Crippen molar-refractivity contribution < 1.29 is 0 Å². The van der Waals surface area contributed by atoms with Crippen LogP contribution in [0.5, 0.6) is 0 Å². The summed E-state index contributed by atoms with van der Waals surface area (Å²) in [5.74, 6) is 0. The van der Waals surface area contributed by atoms with Crippen LogP contribution in [0.25, 0.3) is 0 Å². The fourth-order valence-corrected chi connectivity index (χ4v) is 0.985. The highest BCUT2D eigenvalue weighted by Crippen LogP contribution is 2.05. The highest BCUT2D eigenvalue weighted by molar-refractivity contribution is 7.80. The van der Waals surface area contributed by atoms with Crippen LogP contribution in [0, 0.1) is 0 Å². The van der Waals surface area contributed by atoms with E-state index in [-0.39, 0.29) is 0 Å². The molecular formula is C4H6N4S2. The lowest BCUT2D eigenvalue weighted by molar-refractivity contribution is 1.19. The number of hydrogen-bond donors (Lipinski definition) is 2. The normalized spacial score (nSPS) is 8.90. The Morgan fingerprint density at radius 2 is 2.60 bits per heavy atom. The summed E-state index contributed by atoms with van der Waals surface area (Å²) in [6.07, 6.45) is 1.48. The largest absolute Gasteiger partial charge is 0.365 e. The summed E-state index contributed by atoms with van der Waals surface area (Å²) in [5.41, 5.74) is 0. The molecule has 2 N–H and O–H groups in total. The van der Waals surface area contributed by atoms with Crippen molar-refractivity contribution >= 4 is 34.0 Å². The second-order valence-electron chi connectivity index (χ2n) is 1.45. The minimum Gasteiger partial charge on any atom is -0.365 e. The summed E-state index contributed by atoms with van der Waals surface area (Å²) in [7, 11) is 1.75. The third-order valence-electron chi connectivity index (χ3n) is 0.809. The van der Waals surface area contributed by atoms with Gasteiger partial charge in [0.1, 0.15) is 6.33 Å². The zero-order valence-corrected chi connectivity index (χ0v) is 6.92. The molecule has 10 heavy (non-hydrogen) atoms. The van der Waals surface area contributed by atoms with Crippen LogP contribution in [-0.4, -0.2) is 21.5 Å². The van der Waals surface area contributed by atoms with Crippen molar-refractivity contribution in [2.75, 3.05) is 12.4 Å². The summed E-state index contributed by atoms with van der Waals surface area (Å²) in [4.78, 5) is 3.87. The monoisotopic (exact) mass is 174 g/mol. The Morgan fingerprint density at radius 3 is 3.10 bits per heavy atom. The molecule has 1 aromatic rings. The number of nitrogens with one attached hydrogen (secondary N) is 2. The zero-order chi connectivity index (χ0) is 7.40. The molecule has 0 aliphatic carbocycles. The number of nitrogens with zero attached hydrogens (tertiary/aromatic N) is 2.